The van der Waals surface area contributed by atoms with Gasteiger partial charge in [-0.15, -0.1) is 0 Å². The van der Waals surface area contributed by atoms with Gasteiger partial charge in [0.1, 0.15) is 11.3 Å². The number of amides is 1. The Balaban J connectivity index is 1.42. The number of ether oxygens (including phenoxy) is 2. The van der Waals surface area contributed by atoms with Crippen molar-refractivity contribution < 1.29 is 19.4 Å². The Morgan fingerprint density at radius 1 is 1.09 bits per heavy atom. The summed E-state index contributed by atoms with van der Waals surface area (Å²) >= 11 is 7.03. The Morgan fingerprint density at radius 3 is 2.57 bits per heavy atom. The molecule has 1 amide bonds. The Labute approximate surface area is 259 Å². The summed E-state index contributed by atoms with van der Waals surface area (Å²) in [6.45, 7) is 3.34. The summed E-state index contributed by atoms with van der Waals surface area (Å²) in [6.07, 6.45) is 1.43. The summed E-state index contributed by atoms with van der Waals surface area (Å²) in [6, 6.07) is 17.1. The summed E-state index contributed by atoms with van der Waals surface area (Å²) in [5.74, 6) is 0.0813. The van der Waals surface area contributed by atoms with Crippen molar-refractivity contribution in [1.82, 2.24) is 14.5 Å². The summed E-state index contributed by atoms with van der Waals surface area (Å²) in [4.78, 5) is 37.7. The van der Waals surface area contributed by atoms with E-state index in [4.69, 9.17) is 21.1 Å². The standard InChI is InChI=1S/C33H35ClN4O6/c1-19-22(7-6-10-26(19)36-31(40)25-17-37(2)33(42)38(3)32(25)41)24-9-5-8-23(30(24)34)20-11-12-21(29(15-20)43-4)16-35-27-13-14-44-18-28(27)39/h5-12,15,17,27-28,35,39H,13-14,16,18H2,1-4H3,(H,36,40)/t27-,28+/m1/s1. The fourth-order valence-corrected chi connectivity index (χ4v) is 5.78. The van der Waals surface area contributed by atoms with Crippen molar-refractivity contribution in [2.24, 2.45) is 14.1 Å². The van der Waals surface area contributed by atoms with E-state index in [1.807, 2.05) is 49.4 Å². The first-order valence-corrected chi connectivity index (χ1v) is 14.6. The summed E-state index contributed by atoms with van der Waals surface area (Å²) in [5.41, 5.74) is 4.16. The zero-order valence-electron chi connectivity index (χ0n) is 25.0. The molecule has 4 aromatic rings. The number of benzene rings is 3. The maximum atomic E-state index is 13.1. The third-order valence-electron chi connectivity index (χ3n) is 8.04. The van der Waals surface area contributed by atoms with Crippen LogP contribution >= 0.6 is 11.6 Å². The van der Waals surface area contributed by atoms with Crippen molar-refractivity contribution in [3.63, 3.8) is 0 Å². The molecule has 0 saturated carbocycles. The minimum atomic E-state index is -0.673. The van der Waals surface area contributed by atoms with Gasteiger partial charge in [0.2, 0.25) is 0 Å². The summed E-state index contributed by atoms with van der Waals surface area (Å²) < 4.78 is 13.1. The van der Waals surface area contributed by atoms with Crippen molar-refractivity contribution in [2.45, 2.75) is 32.0 Å². The molecule has 0 bridgehead atoms. The normalized spacial score (nSPS) is 16.5. The van der Waals surface area contributed by atoms with E-state index in [1.54, 1.807) is 19.2 Å². The van der Waals surface area contributed by atoms with Gasteiger partial charge in [-0.2, -0.15) is 0 Å². The number of carbonyl (C=O) groups excluding carboxylic acids is 1. The number of aryl methyl sites for hydroxylation is 1. The van der Waals surface area contributed by atoms with Gasteiger partial charge in [-0.1, -0.05) is 54.1 Å². The number of hydrogen-bond acceptors (Lipinski definition) is 7. The zero-order chi connectivity index (χ0) is 31.5. The molecule has 44 heavy (non-hydrogen) atoms. The fraction of sp³-hybridized carbons (Fsp3) is 0.303. The van der Waals surface area contributed by atoms with Crippen LogP contribution in [0.1, 0.15) is 27.9 Å². The van der Waals surface area contributed by atoms with Crippen LogP contribution in [0.25, 0.3) is 22.3 Å². The number of aliphatic hydroxyl groups is 1. The van der Waals surface area contributed by atoms with Crippen LogP contribution in [-0.2, 0) is 25.4 Å². The van der Waals surface area contributed by atoms with Crippen LogP contribution in [0.4, 0.5) is 5.69 Å². The van der Waals surface area contributed by atoms with E-state index in [2.05, 4.69) is 10.6 Å². The molecule has 0 radical (unpaired) electrons. The summed E-state index contributed by atoms with van der Waals surface area (Å²) in [5, 5.41) is 17.0. The van der Waals surface area contributed by atoms with Gasteiger partial charge >= 0.3 is 5.69 Å². The van der Waals surface area contributed by atoms with E-state index >= 15 is 0 Å². The van der Waals surface area contributed by atoms with Crippen LogP contribution in [0.2, 0.25) is 5.02 Å². The van der Waals surface area contributed by atoms with Crippen molar-refractivity contribution in [3.8, 4) is 28.0 Å². The Hall–Kier alpha value is -4.22. The van der Waals surface area contributed by atoms with Gasteiger partial charge in [0, 0.05) is 61.9 Å². The molecule has 11 heteroatoms. The second-order valence-corrected chi connectivity index (χ2v) is 11.2. The van der Waals surface area contributed by atoms with Crippen molar-refractivity contribution in [1.29, 1.82) is 0 Å². The molecule has 1 aromatic heterocycles. The lowest BCUT2D eigenvalue weighted by atomic mass is 9.94. The molecule has 0 spiro atoms. The second kappa shape index (κ2) is 13.2. The third kappa shape index (κ3) is 6.20. The predicted molar refractivity (Wildman–Crippen MR) is 171 cm³/mol. The van der Waals surface area contributed by atoms with E-state index < -0.39 is 23.3 Å². The van der Waals surface area contributed by atoms with Crippen LogP contribution in [-0.4, -0.2) is 52.6 Å². The fourth-order valence-electron chi connectivity index (χ4n) is 5.44. The maximum absolute atomic E-state index is 13.1. The quantitative estimate of drug-likeness (QED) is 0.274. The number of hydrogen-bond donors (Lipinski definition) is 3. The number of aliphatic hydroxyl groups excluding tert-OH is 1. The molecule has 2 atom stereocenters. The van der Waals surface area contributed by atoms with Crippen molar-refractivity contribution >= 4 is 23.2 Å². The molecule has 3 N–H and O–H groups in total. The Bertz CT molecular complexity index is 1830. The number of anilines is 1. The number of nitrogens with zero attached hydrogens (tertiary/aromatic N) is 2. The molecular formula is C33H35ClN4O6. The van der Waals surface area contributed by atoms with Gasteiger partial charge in [-0.3, -0.25) is 14.2 Å². The maximum Gasteiger partial charge on any atom is 0.330 e. The molecular weight excluding hydrogens is 584 g/mol. The van der Waals surface area contributed by atoms with Gasteiger partial charge in [-0.05, 0) is 42.2 Å². The topological polar surface area (TPSA) is 124 Å². The monoisotopic (exact) mass is 618 g/mol. The van der Waals surface area contributed by atoms with Crippen LogP contribution in [0.15, 0.2) is 70.4 Å². The van der Waals surface area contributed by atoms with Gasteiger partial charge < -0.3 is 29.8 Å². The van der Waals surface area contributed by atoms with Gasteiger partial charge in [0.25, 0.3) is 11.5 Å². The second-order valence-electron chi connectivity index (χ2n) is 10.8. The van der Waals surface area contributed by atoms with E-state index in [0.29, 0.717) is 36.2 Å². The lowest BCUT2D eigenvalue weighted by Gasteiger charge is -2.28. The summed E-state index contributed by atoms with van der Waals surface area (Å²) in [7, 11) is 4.44. The first kappa shape index (κ1) is 31.2. The van der Waals surface area contributed by atoms with E-state index in [-0.39, 0.29) is 11.6 Å². The van der Waals surface area contributed by atoms with E-state index in [0.717, 1.165) is 44.4 Å². The van der Waals surface area contributed by atoms with Gasteiger partial charge in [-0.25, -0.2) is 4.79 Å². The number of carbonyl (C=O) groups is 1. The number of methoxy groups -OCH3 is 1. The van der Waals surface area contributed by atoms with Crippen LogP contribution in [0.5, 0.6) is 5.75 Å². The lowest BCUT2D eigenvalue weighted by molar-refractivity contribution is -0.0280. The highest BCUT2D eigenvalue weighted by molar-refractivity contribution is 6.36. The van der Waals surface area contributed by atoms with Crippen LogP contribution < -0.4 is 26.6 Å². The molecule has 1 fully saturated rings. The molecule has 1 aliphatic rings. The largest absolute Gasteiger partial charge is 0.496 e. The first-order valence-electron chi connectivity index (χ1n) is 14.2. The third-order valence-corrected chi connectivity index (χ3v) is 8.45. The number of nitrogens with one attached hydrogen (secondary N) is 2. The molecule has 2 heterocycles. The van der Waals surface area contributed by atoms with Gasteiger partial charge in [0.05, 0.1) is 24.8 Å². The van der Waals surface area contributed by atoms with Crippen molar-refractivity contribution in [3.05, 3.63) is 103 Å². The van der Waals surface area contributed by atoms with Crippen molar-refractivity contribution in [2.75, 3.05) is 25.6 Å². The van der Waals surface area contributed by atoms with E-state index in [1.165, 1.54) is 24.9 Å². The highest BCUT2D eigenvalue weighted by Crippen LogP contribution is 2.40. The minimum absolute atomic E-state index is 0.0465. The molecule has 1 aliphatic heterocycles. The predicted octanol–water partition coefficient (Wildman–Crippen LogP) is 3.88. The van der Waals surface area contributed by atoms with Crippen LogP contribution in [0.3, 0.4) is 0 Å². The molecule has 3 aromatic carbocycles. The molecule has 0 unspecified atom stereocenters. The lowest BCUT2D eigenvalue weighted by Crippen LogP contribution is -2.46. The number of aromatic nitrogens is 2. The average molecular weight is 619 g/mol. The molecule has 0 aliphatic carbocycles. The van der Waals surface area contributed by atoms with E-state index in [9.17, 15) is 19.5 Å². The Morgan fingerprint density at radius 2 is 1.82 bits per heavy atom. The number of halogens is 1. The minimum Gasteiger partial charge on any atom is -0.496 e. The molecule has 230 valence electrons. The highest BCUT2D eigenvalue weighted by atomic mass is 35.5. The molecule has 1 saturated heterocycles. The molecule has 10 nitrogen and oxygen atoms in total. The zero-order valence-corrected chi connectivity index (χ0v) is 25.8. The molecule has 5 rings (SSSR count). The van der Waals surface area contributed by atoms with Gasteiger partial charge in [0.15, 0.2) is 0 Å². The Kier molecular flexibility index (Phi) is 9.36. The highest BCUT2D eigenvalue weighted by Gasteiger charge is 2.24. The first-order chi connectivity index (χ1) is 21.1. The smallest absolute Gasteiger partial charge is 0.330 e. The van der Waals surface area contributed by atoms with Crippen LogP contribution in [0, 0.1) is 6.92 Å². The number of rotatable bonds is 8. The average Bonchev–Trinajstić information content (AvgIpc) is 3.02. The SMILES string of the molecule is COc1cc(-c2cccc(-c3cccc(NC(=O)c4cn(C)c(=O)n(C)c4=O)c3C)c2Cl)ccc1CN[C@@H]1CCOC[C@@H]1O.